The number of nitrogens with two attached hydrogens (primary N) is 1. The molecule has 0 spiro atoms. The molecule has 3 N–H and O–H groups in total. The molecule has 1 unspecified atom stereocenters. The molecule has 1 atom stereocenters. The van der Waals surface area contributed by atoms with Crippen LogP contribution in [0.4, 0.5) is 11.4 Å². The van der Waals surface area contributed by atoms with Gasteiger partial charge in [-0.15, -0.1) is 0 Å². The maximum Gasteiger partial charge on any atom is 0.142 e. The predicted octanol–water partition coefficient (Wildman–Crippen LogP) is 3.39. The highest BCUT2D eigenvalue weighted by Crippen LogP contribution is 2.38. The van der Waals surface area contributed by atoms with Crippen molar-refractivity contribution in [3.8, 4) is 11.5 Å². The number of nitrogens with one attached hydrogen (secondary N) is 1. The van der Waals surface area contributed by atoms with Crippen LogP contribution >= 0.6 is 0 Å². The Labute approximate surface area is 124 Å². The Morgan fingerprint density at radius 1 is 1.10 bits per heavy atom. The van der Waals surface area contributed by atoms with Crippen molar-refractivity contribution in [2.75, 3.05) is 25.3 Å². The molecule has 0 bridgehead atoms. The molecule has 4 heteroatoms. The number of hydrogen-bond acceptors (Lipinski definition) is 4. The first-order chi connectivity index (χ1) is 10.2. The second-order valence-corrected chi connectivity index (χ2v) is 5.26. The molecular weight excluding hydrogens is 264 g/mol. The second-order valence-electron chi connectivity index (χ2n) is 5.26. The quantitative estimate of drug-likeness (QED) is 0.845. The predicted molar refractivity (Wildman–Crippen MR) is 85.1 cm³/mol. The van der Waals surface area contributed by atoms with Gasteiger partial charge < -0.3 is 20.5 Å². The number of aryl methyl sites for hydroxylation is 1. The van der Waals surface area contributed by atoms with E-state index in [0.717, 1.165) is 35.7 Å². The van der Waals surface area contributed by atoms with Gasteiger partial charge in [-0.1, -0.05) is 6.07 Å². The minimum absolute atomic E-state index is 0.279. The molecular formula is C17H20N2O2. The molecule has 4 nitrogen and oxygen atoms in total. The van der Waals surface area contributed by atoms with Gasteiger partial charge in [-0.05, 0) is 48.2 Å². The number of hydrogen-bond donors (Lipinski definition) is 2. The molecule has 2 aromatic carbocycles. The van der Waals surface area contributed by atoms with Gasteiger partial charge >= 0.3 is 0 Å². The molecule has 0 aromatic heterocycles. The zero-order chi connectivity index (χ0) is 14.8. The van der Waals surface area contributed by atoms with Gasteiger partial charge in [0.15, 0.2) is 0 Å². The number of nitrogen functional groups attached to an aromatic ring is 1. The molecule has 0 saturated heterocycles. The molecule has 1 aliphatic carbocycles. The third kappa shape index (κ3) is 2.61. The van der Waals surface area contributed by atoms with Crippen molar-refractivity contribution < 1.29 is 9.47 Å². The highest BCUT2D eigenvalue weighted by Gasteiger charge is 2.23. The van der Waals surface area contributed by atoms with Crippen LogP contribution in [0.15, 0.2) is 36.4 Å². The maximum absolute atomic E-state index is 5.86. The van der Waals surface area contributed by atoms with Crippen molar-refractivity contribution in [1.82, 2.24) is 0 Å². The van der Waals surface area contributed by atoms with E-state index in [1.165, 1.54) is 11.1 Å². The van der Waals surface area contributed by atoms with E-state index >= 15 is 0 Å². The lowest BCUT2D eigenvalue weighted by molar-refractivity contribution is 0.404. The zero-order valence-corrected chi connectivity index (χ0v) is 12.3. The van der Waals surface area contributed by atoms with E-state index in [9.17, 15) is 0 Å². The van der Waals surface area contributed by atoms with Crippen molar-refractivity contribution >= 4 is 11.4 Å². The van der Waals surface area contributed by atoms with Gasteiger partial charge in [-0.2, -0.15) is 0 Å². The van der Waals surface area contributed by atoms with Crippen LogP contribution in [0.5, 0.6) is 11.5 Å². The van der Waals surface area contributed by atoms with Crippen molar-refractivity contribution in [3.05, 3.63) is 47.5 Å². The topological polar surface area (TPSA) is 56.5 Å². The van der Waals surface area contributed by atoms with Crippen molar-refractivity contribution in [1.29, 1.82) is 0 Å². The summed E-state index contributed by atoms with van der Waals surface area (Å²) in [6.07, 6.45) is 2.10. The van der Waals surface area contributed by atoms with Crippen LogP contribution in [0, 0.1) is 0 Å². The molecule has 0 fully saturated rings. The summed E-state index contributed by atoms with van der Waals surface area (Å²) in [5.74, 6) is 1.63. The minimum Gasteiger partial charge on any atom is -0.497 e. The van der Waals surface area contributed by atoms with Crippen LogP contribution in [0.3, 0.4) is 0 Å². The summed E-state index contributed by atoms with van der Waals surface area (Å²) in [5.41, 5.74) is 10.3. The number of anilines is 2. The van der Waals surface area contributed by atoms with E-state index in [1.807, 2.05) is 24.3 Å². The number of rotatable bonds is 4. The monoisotopic (exact) mass is 284 g/mol. The van der Waals surface area contributed by atoms with Gasteiger partial charge in [0.1, 0.15) is 11.5 Å². The fourth-order valence-corrected chi connectivity index (χ4v) is 2.90. The largest absolute Gasteiger partial charge is 0.497 e. The van der Waals surface area contributed by atoms with E-state index in [-0.39, 0.29) is 6.04 Å². The van der Waals surface area contributed by atoms with Gasteiger partial charge in [-0.25, -0.2) is 0 Å². The van der Waals surface area contributed by atoms with Crippen LogP contribution in [0.25, 0.3) is 0 Å². The van der Waals surface area contributed by atoms with Gasteiger partial charge in [-0.3, -0.25) is 0 Å². The summed E-state index contributed by atoms with van der Waals surface area (Å²) in [6, 6.07) is 12.2. The van der Waals surface area contributed by atoms with Crippen molar-refractivity contribution in [3.63, 3.8) is 0 Å². The lowest BCUT2D eigenvalue weighted by Gasteiger charge is -2.18. The molecule has 110 valence electrons. The second kappa shape index (κ2) is 5.56. The molecule has 3 rings (SSSR count). The van der Waals surface area contributed by atoms with Crippen LogP contribution in [-0.2, 0) is 6.42 Å². The molecule has 0 amide bonds. The fraction of sp³-hybridized carbons (Fsp3) is 0.294. The average Bonchev–Trinajstić information content (AvgIpc) is 2.89. The summed E-state index contributed by atoms with van der Waals surface area (Å²) in [7, 11) is 3.34. The molecule has 0 saturated carbocycles. The number of fused-ring (bicyclic) bond motifs is 1. The Hall–Kier alpha value is -2.36. The van der Waals surface area contributed by atoms with Crippen molar-refractivity contribution in [2.45, 2.75) is 18.9 Å². The molecule has 21 heavy (non-hydrogen) atoms. The smallest absolute Gasteiger partial charge is 0.142 e. The molecule has 0 heterocycles. The first-order valence-electron chi connectivity index (χ1n) is 7.08. The maximum atomic E-state index is 5.86. The number of benzene rings is 2. The highest BCUT2D eigenvalue weighted by molar-refractivity contribution is 5.62. The Kier molecular flexibility index (Phi) is 3.60. The van der Waals surface area contributed by atoms with Crippen LogP contribution < -0.4 is 20.5 Å². The number of methoxy groups -OCH3 is 2. The Morgan fingerprint density at radius 2 is 1.95 bits per heavy atom. The SMILES string of the molecule is COc1ccc(OC)c(NC2CCc3cc(N)ccc32)c1. The fourth-order valence-electron chi connectivity index (χ4n) is 2.90. The van der Waals surface area contributed by atoms with Crippen molar-refractivity contribution in [2.24, 2.45) is 0 Å². The summed E-state index contributed by atoms with van der Waals surface area (Å²) in [5, 5.41) is 3.56. The Morgan fingerprint density at radius 3 is 2.71 bits per heavy atom. The molecule has 0 radical (unpaired) electrons. The summed E-state index contributed by atoms with van der Waals surface area (Å²) >= 11 is 0. The molecule has 0 aliphatic heterocycles. The standard InChI is InChI=1S/C17H20N2O2/c1-20-13-5-8-17(21-2)16(10-13)19-15-7-3-11-9-12(18)4-6-14(11)15/h4-6,8-10,15,19H,3,7,18H2,1-2H3. The Bertz CT molecular complexity index is 655. The summed E-state index contributed by atoms with van der Waals surface area (Å²) < 4.78 is 10.7. The van der Waals surface area contributed by atoms with E-state index < -0.39 is 0 Å². The van der Waals surface area contributed by atoms with E-state index in [0.29, 0.717) is 0 Å². The lowest BCUT2D eigenvalue weighted by atomic mass is 10.1. The highest BCUT2D eigenvalue weighted by atomic mass is 16.5. The van der Waals surface area contributed by atoms with Crippen LogP contribution in [0.1, 0.15) is 23.6 Å². The van der Waals surface area contributed by atoms with Gasteiger partial charge in [0, 0.05) is 11.8 Å². The zero-order valence-electron chi connectivity index (χ0n) is 12.3. The molecule has 2 aromatic rings. The van der Waals surface area contributed by atoms with Gasteiger partial charge in [0.05, 0.1) is 25.9 Å². The third-order valence-electron chi connectivity index (χ3n) is 3.98. The summed E-state index contributed by atoms with van der Waals surface area (Å²) in [4.78, 5) is 0. The summed E-state index contributed by atoms with van der Waals surface area (Å²) in [6.45, 7) is 0. The van der Waals surface area contributed by atoms with E-state index in [4.69, 9.17) is 15.2 Å². The first kappa shape index (κ1) is 13.6. The molecule has 1 aliphatic rings. The first-order valence-corrected chi connectivity index (χ1v) is 7.08. The third-order valence-corrected chi connectivity index (χ3v) is 3.98. The van der Waals surface area contributed by atoms with Crippen LogP contribution in [0.2, 0.25) is 0 Å². The van der Waals surface area contributed by atoms with Gasteiger partial charge in [0.2, 0.25) is 0 Å². The minimum atomic E-state index is 0.279. The number of ether oxygens (including phenoxy) is 2. The van der Waals surface area contributed by atoms with Crippen LogP contribution in [-0.4, -0.2) is 14.2 Å². The Balaban J connectivity index is 1.88. The van der Waals surface area contributed by atoms with E-state index in [2.05, 4.69) is 17.4 Å². The normalized spacial score (nSPS) is 16.4. The van der Waals surface area contributed by atoms with E-state index in [1.54, 1.807) is 14.2 Å². The average molecular weight is 284 g/mol. The van der Waals surface area contributed by atoms with Gasteiger partial charge in [0.25, 0.3) is 0 Å². The lowest BCUT2D eigenvalue weighted by Crippen LogP contribution is -2.08.